The van der Waals surface area contributed by atoms with Crippen molar-refractivity contribution in [2.75, 3.05) is 7.05 Å². The van der Waals surface area contributed by atoms with E-state index in [2.05, 4.69) is 15.1 Å². The Bertz CT molecular complexity index is 1330. The Morgan fingerprint density at radius 1 is 1.03 bits per heavy atom. The van der Waals surface area contributed by atoms with Gasteiger partial charge in [0.25, 0.3) is 11.8 Å². The van der Waals surface area contributed by atoms with E-state index < -0.39 is 23.4 Å². The highest BCUT2D eigenvalue weighted by atomic mass is 19.1. The number of hydrogen-bond donors (Lipinski definition) is 0. The number of hydrogen-bond acceptors (Lipinski definition) is 5. The number of amides is 2. The van der Waals surface area contributed by atoms with Gasteiger partial charge in [0, 0.05) is 37.3 Å². The molecule has 29 heavy (non-hydrogen) atoms. The third-order valence-electron chi connectivity index (χ3n) is 4.82. The van der Waals surface area contributed by atoms with Crippen LogP contribution in [0.2, 0.25) is 0 Å². The summed E-state index contributed by atoms with van der Waals surface area (Å²) in [5, 5.41) is 4.76. The Hall–Kier alpha value is -4.01. The zero-order chi connectivity index (χ0) is 20.3. The largest absolute Gasteiger partial charge is 0.277 e. The predicted octanol–water partition coefficient (Wildman–Crippen LogP) is 2.99. The summed E-state index contributed by atoms with van der Waals surface area (Å²) in [5.74, 6) is -2.54. The first-order valence-electron chi connectivity index (χ1n) is 8.57. The minimum Gasteiger partial charge on any atom is -0.277 e. The van der Waals surface area contributed by atoms with Crippen LogP contribution in [0.25, 0.3) is 28.0 Å². The number of imide groups is 1. The summed E-state index contributed by atoms with van der Waals surface area (Å²) in [4.78, 5) is 34.5. The van der Waals surface area contributed by atoms with Crippen LogP contribution in [-0.4, -0.2) is 43.5 Å². The van der Waals surface area contributed by atoms with Gasteiger partial charge in [-0.3, -0.25) is 19.5 Å². The zero-order valence-electron chi connectivity index (χ0n) is 14.9. The molecule has 2 amide bonds. The molecular formula is C20H11F2N5O2. The van der Waals surface area contributed by atoms with Crippen LogP contribution in [0.4, 0.5) is 8.78 Å². The molecule has 4 aromatic rings. The molecule has 7 nitrogen and oxygen atoms in total. The van der Waals surface area contributed by atoms with Gasteiger partial charge in [-0.15, -0.1) is 0 Å². The molecule has 4 heterocycles. The average Bonchev–Trinajstić information content (AvgIpc) is 3.20. The fourth-order valence-electron chi connectivity index (χ4n) is 3.43. The second-order valence-corrected chi connectivity index (χ2v) is 6.51. The molecule has 0 atom stereocenters. The van der Waals surface area contributed by atoms with Crippen molar-refractivity contribution < 1.29 is 18.4 Å². The summed E-state index contributed by atoms with van der Waals surface area (Å²) in [5.41, 5.74) is 1.31. The Labute approximate surface area is 162 Å². The van der Waals surface area contributed by atoms with E-state index in [-0.39, 0.29) is 22.5 Å². The number of benzene rings is 1. The lowest BCUT2D eigenvalue weighted by molar-refractivity contribution is 0.0693. The molecule has 0 radical (unpaired) electrons. The number of halogens is 2. The smallest absolute Gasteiger partial charge is 0.262 e. The molecular weight excluding hydrogens is 380 g/mol. The number of nitrogens with zero attached hydrogens (tertiary/aromatic N) is 5. The molecule has 5 rings (SSSR count). The van der Waals surface area contributed by atoms with Gasteiger partial charge in [0.1, 0.15) is 17.2 Å². The number of aromatic nitrogens is 4. The number of pyridine rings is 2. The van der Waals surface area contributed by atoms with Crippen molar-refractivity contribution >= 4 is 22.8 Å². The van der Waals surface area contributed by atoms with Crippen LogP contribution in [-0.2, 0) is 0 Å². The number of rotatable bonds is 2. The van der Waals surface area contributed by atoms with Crippen molar-refractivity contribution in [3.8, 4) is 16.9 Å². The highest BCUT2D eigenvalue weighted by Gasteiger charge is 2.37. The standard InChI is InChI=1S/C20H11F2N5O2/c1-26-19(28)12-9-24-18-16(15(12)20(26)29)17(10-3-2-6-23-8-10)25-27(18)14-5-4-11(21)7-13(14)22/h2-9H,1H3. The lowest BCUT2D eigenvalue weighted by Gasteiger charge is -2.04. The summed E-state index contributed by atoms with van der Waals surface area (Å²) in [6.07, 6.45) is 4.39. The third-order valence-corrected chi connectivity index (χ3v) is 4.82. The normalized spacial score (nSPS) is 13.4. The van der Waals surface area contributed by atoms with E-state index in [1.165, 1.54) is 30.2 Å². The van der Waals surface area contributed by atoms with Crippen LogP contribution in [0.5, 0.6) is 0 Å². The van der Waals surface area contributed by atoms with E-state index in [0.29, 0.717) is 16.6 Å². The Morgan fingerprint density at radius 3 is 2.59 bits per heavy atom. The molecule has 3 aromatic heterocycles. The molecule has 0 saturated heterocycles. The molecule has 0 bridgehead atoms. The second-order valence-electron chi connectivity index (χ2n) is 6.51. The summed E-state index contributed by atoms with van der Waals surface area (Å²) in [7, 11) is 1.38. The minimum absolute atomic E-state index is 0.0379. The van der Waals surface area contributed by atoms with Gasteiger partial charge in [-0.25, -0.2) is 18.4 Å². The molecule has 9 heteroatoms. The number of fused-ring (bicyclic) bond motifs is 3. The minimum atomic E-state index is -0.839. The van der Waals surface area contributed by atoms with Gasteiger partial charge >= 0.3 is 0 Å². The molecule has 0 saturated carbocycles. The second kappa shape index (κ2) is 5.99. The molecule has 1 aliphatic rings. The number of carbonyl (C=O) groups is 2. The van der Waals surface area contributed by atoms with Crippen molar-refractivity contribution in [2.45, 2.75) is 0 Å². The molecule has 1 aliphatic heterocycles. The fourth-order valence-corrected chi connectivity index (χ4v) is 3.43. The fraction of sp³-hybridized carbons (Fsp3) is 0.0500. The topological polar surface area (TPSA) is 81.0 Å². The highest BCUT2D eigenvalue weighted by Crippen LogP contribution is 2.36. The van der Waals surface area contributed by atoms with Crippen LogP contribution in [0.15, 0.2) is 48.9 Å². The first kappa shape index (κ1) is 17.1. The van der Waals surface area contributed by atoms with Crippen molar-refractivity contribution in [3.63, 3.8) is 0 Å². The first-order valence-corrected chi connectivity index (χ1v) is 8.57. The van der Waals surface area contributed by atoms with E-state index in [4.69, 9.17) is 0 Å². The van der Waals surface area contributed by atoms with E-state index >= 15 is 0 Å². The SMILES string of the molecule is CN1C(=O)c2cnc3c(c(-c4cccnc4)nn3-c3ccc(F)cc3F)c2C1=O. The van der Waals surface area contributed by atoms with Crippen LogP contribution in [0.1, 0.15) is 20.7 Å². The van der Waals surface area contributed by atoms with Gasteiger partial charge < -0.3 is 0 Å². The van der Waals surface area contributed by atoms with Gasteiger partial charge in [0.05, 0.1) is 16.5 Å². The summed E-state index contributed by atoms with van der Waals surface area (Å²) >= 11 is 0. The average molecular weight is 391 g/mol. The van der Waals surface area contributed by atoms with Gasteiger partial charge in [-0.05, 0) is 24.3 Å². The Kier molecular flexibility index (Phi) is 3.54. The molecule has 0 aliphatic carbocycles. The lowest BCUT2D eigenvalue weighted by atomic mass is 10.0. The maximum atomic E-state index is 14.5. The first-order chi connectivity index (χ1) is 14.0. The molecule has 0 unspecified atom stereocenters. The monoisotopic (exact) mass is 391 g/mol. The lowest BCUT2D eigenvalue weighted by Crippen LogP contribution is -2.24. The molecule has 0 fully saturated rings. The van der Waals surface area contributed by atoms with Gasteiger partial charge in [-0.2, -0.15) is 5.10 Å². The van der Waals surface area contributed by atoms with Crippen LogP contribution >= 0.6 is 0 Å². The zero-order valence-corrected chi connectivity index (χ0v) is 14.9. The maximum absolute atomic E-state index is 14.5. The molecule has 1 aromatic carbocycles. The summed E-state index contributed by atoms with van der Waals surface area (Å²) < 4.78 is 29.1. The van der Waals surface area contributed by atoms with Crippen molar-refractivity contribution in [3.05, 3.63) is 71.7 Å². The Morgan fingerprint density at radius 2 is 1.86 bits per heavy atom. The van der Waals surface area contributed by atoms with E-state index in [9.17, 15) is 18.4 Å². The van der Waals surface area contributed by atoms with Crippen LogP contribution in [0.3, 0.4) is 0 Å². The summed E-state index contributed by atoms with van der Waals surface area (Å²) in [6, 6.07) is 6.49. The third kappa shape index (κ3) is 2.37. The highest BCUT2D eigenvalue weighted by molar-refractivity contribution is 6.27. The van der Waals surface area contributed by atoms with Gasteiger partial charge in [0.15, 0.2) is 11.5 Å². The van der Waals surface area contributed by atoms with Crippen LogP contribution in [0, 0.1) is 11.6 Å². The number of carbonyl (C=O) groups excluding carboxylic acids is 2. The summed E-state index contributed by atoms with van der Waals surface area (Å²) in [6.45, 7) is 0. The van der Waals surface area contributed by atoms with Crippen molar-refractivity contribution in [1.82, 2.24) is 24.6 Å². The van der Waals surface area contributed by atoms with Crippen LogP contribution < -0.4 is 0 Å². The van der Waals surface area contributed by atoms with E-state index in [1.807, 2.05) is 0 Å². The van der Waals surface area contributed by atoms with Crippen molar-refractivity contribution in [1.29, 1.82) is 0 Å². The van der Waals surface area contributed by atoms with Crippen molar-refractivity contribution in [2.24, 2.45) is 0 Å². The molecule has 0 N–H and O–H groups in total. The van der Waals surface area contributed by atoms with Gasteiger partial charge in [-0.1, -0.05) is 0 Å². The molecule has 0 spiro atoms. The molecule has 142 valence electrons. The van der Waals surface area contributed by atoms with Gasteiger partial charge in [0.2, 0.25) is 0 Å². The predicted molar refractivity (Wildman–Crippen MR) is 98.4 cm³/mol. The maximum Gasteiger partial charge on any atom is 0.262 e. The quantitative estimate of drug-likeness (QED) is 0.491. The van der Waals surface area contributed by atoms with E-state index in [0.717, 1.165) is 17.0 Å². The van der Waals surface area contributed by atoms with E-state index in [1.54, 1.807) is 18.3 Å². The Balaban J connectivity index is 1.91.